The van der Waals surface area contributed by atoms with Crippen molar-refractivity contribution in [3.63, 3.8) is 0 Å². The molecular weight excluding hydrogens is 428 g/mol. The molecule has 2 aromatic heterocycles. The molecule has 4 aromatic rings. The van der Waals surface area contributed by atoms with Crippen LogP contribution in [0.1, 0.15) is 25.0 Å². The Balaban J connectivity index is 1.49. The highest BCUT2D eigenvalue weighted by Crippen LogP contribution is 2.29. The van der Waals surface area contributed by atoms with Crippen molar-refractivity contribution in [2.24, 2.45) is 0 Å². The molecule has 0 aliphatic heterocycles. The molecule has 6 nitrogen and oxygen atoms in total. The molecule has 0 aliphatic carbocycles. The summed E-state index contributed by atoms with van der Waals surface area (Å²) < 4.78 is 11.0. The van der Waals surface area contributed by atoms with Crippen molar-refractivity contribution in [1.82, 2.24) is 10.3 Å². The molecule has 0 atom stereocenters. The Morgan fingerprint density at radius 2 is 2.00 bits per heavy atom. The summed E-state index contributed by atoms with van der Waals surface area (Å²) in [7, 11) is 0. The number of amides is 1. The summed E-state index contributed by atoms with van der Waals surface area (Å²) >= 11 is 6.10. The van der Waals surface area contributed by atoms with Gasteiger partial charge in [0.2, 0.25) is 0 Å². The van der Waals surface area contributed by atoms with E-state index in [9.17, 15) is 9.59 Å². The Labute approximate surface area is 189 Å². The van der Waals surface area contributed by atoms with E-state index in [1.54, 1.807) is 18.2 Å². The molecule has 32 heavy (non-hydrogen) atoms. The summed E-state index contributed by atoms with van der Waals surface area (Å²) in [4.78, 5) is 27.4. The largest absolute Gasteiger partial charge is 0.422 e. The van der Waals surface area contributed by atoms with Crippen LogP contribution >= 0.6 is 11.6 Å². The first kappa shape index (κ1) is 21.7. The third-order valence-corrected chi connectivity index (χ3v) is 5.39. The number of ether oxygens (including phenoxy) is 1. The van der Waals surface area contributed by atoms with E-state index in [1.807, 2.05) is 44.3 Å². The molecule has 0 saturated carbocycles. The maximum atomic E-state index is 12.5. The molecule has 7 heteroatoms. The van der Waals surface area contributed by atoms with Gasteiger partial charge >= 0.3 is 11.7 Å². The summed E-state index contributed by atoms with van der Waals surface area (Å²) in [5.41, 5.74) is 3.79. The van der Waals surface area contributed by atoms with Gasteiger partial charge in [0.05, 0.1) is 0 Å². The fourth-order valence-corrected chi connectivity index (χ4v) is 3.73. The fourth-order valence-electron chi connectivity index (χ4n) is 3.56. The van der Waals surface area contributed by atoms with Gasteiger partial charge in [0.25, 0.3) is 0 Å². The standard InChI is InChI=1S/C25H23ClN2O4/c1-15(2)3-7-19-22(9-4-16-5-10-23(29)32-24(16)19)31-25(30)27-12-11-17-14-28-21-8-6-18(26)13-20(17)21/h3-6,8-10,13-14,28H,7,11-12H2,1-2H3,(H,27,30). The molecule has 0 bridgehead atoms. The van der Waals surface area contributed by atoms with E-state index in [1.165, 1.54) is 6.07 Å². The number of carbonyl (C=O) groups excluding carboxylic acids is 1. The Kier molecular flexibility index (Phi) is 6.32. The van der Waals surface area contributed by atoms with Crippen molar-refractivity contribution < 1.29 is 13.9 Å². The third-order valence-electron chi connectivity index (χ3n) is 5.16. The number of aromatic amines is 1. The van der Waals surface area contributed by atoms with Crippen LogP contribution in [0, 0.1) is 0 Å². The molecule has 0 aliphatic rings. The van der Waals surface area contributed by atoms with E-state index < -0.39 is 11.7 Å². The van der Waals surface area contributed by atoms with E-state index in [0.29, 0.717) is 41.3 Å². The Morgan fingerprint density at radius 3 is 2.81 bits per heavy atom. The zero-order valence-electron chi connectivity index (χ0n) is 17.8. The van der Waals surface area contributed by atoms with Crippen LogP contribution in [0.3, 0.4) is 0 Å². The van der Waals surface area contributed by atoms with Crippen molar-refractivity contribution in [1.29, 1.82) is 0 Å². The Hall–Kier alpha value is -3.51. The smallest absolute Gasteiger partial charge is 0.412 e. The van der Waals surface area contributed by atoms with E-state index >= 15 is 0 Å². The van der Waals surface area contributed by atoms with Crippen LogP contribution < -0.4 is 15.7 Å². The van der Waals surface area contributed by atoms with Gasteiger partial charge in [-0.1, -0.05) is 23.3 Å². The van der Waals surface area contributed by atoms with Crippen LogP contribution in [-0.2, 0) is 12.8 Å². The lowest BCUT2D eigenvalue weighted by atomic mass is 10.1. The molecule has 2 heterocycles. The lowest BCUT2D eigenvalue weighted by Crippen LogP contribution is -2.29. The number of benzene rings is 2. The van der Waals surface area contributed by atoms with E-state index in [-0.39, 0.29) is 0 Å². The minimum Gasteiger partial charge on any atom is -0.422 e. The van der Waals surface area contributed by atoms with Gasteiger partial charge < -0.3 is 19.5 Å². The van der Waals surface area contributed by atoms with Gasteiger partial charge in [-0.2, -0.15) is 0 Å². The molecule has 2 aromatic carbocycles. The average molecular weight is 451 g/mol. The molecule has 0 fully saturated rings. The number of carbonyl (C=O) groups is 1. The number of rotatable bonds is 6. The van der Waals surface area contributed by atoms with Crippen LogP contribution in [0.5, 0.6) is 5.75 Å². The van der Waals surface area contributed by atoms with Gasteiger partial charge in [-0.3, -0.25) is 0 Å². The number of halogens is 1. The maximum Gasteiger partial charge on any atom is 0.412 e. The van der Waals surface area contributed by atoms with Crippen molar-refractivity contribution in [2.45, 2.75) is 26.7 Å². The van der Waals surface area contributed by atoms with Crippen LogP contribution in [0.2, 0.25) is 5.02 Å². The number of H-pyrrole nitrogens is 1. The summed E-state index contributed by atoms with van der Waals surface area (Å²) in [5, 5.41) is 5.25. The monoisotopic (exact) mass is 450 g/mol. The highest BCUT2D eigenvalue weighted by atomic mass is 35.5. The highest BCUT2D eigenvalue weighted by Gasteiger charge is 2.14. The maximum absolute atomic E-state index is 12.5. The molecule has 0 unspecified atom stereocenters. The van der Waals surface area contributed by atoms with Gasteiger partial charge in [0, 0.05) is 45.7 Å². The summed E-state index contributed by atoms with van der Waals surface area (Å²) in [6.45, 7) is 4.35. The number of allylic oxidation sites excluding steroid dienone is 2. The van der Waals surface area contributed by atoms with Crippen LogP contribution in [0.15, 0.2) is 69.5 Å². The molecular formula is C25H23ClN2O4. The third kappa shape index (κ3) is 4.86. The van der Waals surface area contributed by atoms with E-state index in [2.05, 4.69) is 10.3 Å². The molecule has 1 amide bonds. The second kappa shape index (κ2) is 9.32. The Morgan fingerprint density at radius 1 is 1.19 bits per heavy atom. The minimum absolute atomic E-state index is 0.362. The van der Waals surface area contributed by atoms with E-state index in [4.69, 9.17) is 20.8 Å². The van der Waals surface area contributed by atoms with Gasteiger partial charge in [-0.15, -0.1) is 0 Å². The first-order valence-corrected chi connectivity index (χ1v) is 10.7. The predicted molar refractivity (Wildman–Crippen MR) is 127 cm³/mol. The Bertz CT molecular complexity index is 1380. The molecule has 0 radical (unpaired) electrons. The van der Waals surface area contributed by atoms with Gasteiger partial charge in [-0.05, 0) is 68.7 Å². The molecule has 0 spiro atoms. The highest BCUT2D eigenvalue weighted by molar-refractivity contribution is 6.31. The number of hydrogen-bond acceptors (Lipinski definition) is 4. The van der Waals surface area contributed by atoms with Crippen LogP contribution in [0.25, 0.3) is 21.9 Å². The van der Waals surface area contributed by atoms with Crippen LogP contribution in [0.4, 0.5) is 4.79 Å². The lowest BCUT2D eigenvalue weighted by Gasteiger charge is -2.12. The van der Waals surface area contributed by atoms with Crippen molar-refractivity contribution in [2.75, 3.05) is 6.54 Å². The molecule has 2 N–H and O–H groups in total. The topological polar surface area (TPSA) is 84.3 Å². The SMILES string of the molecule is CC(C)=CCc1c(OC(=O)NCCc2c[nH]c3ccc(Cl)cc23)ccc2ccc(=O)oc12. The van der Waals surface area contributed by atoms with Gasteiger partial charge in [0.15, 0.2) is 0 Å². The number of fused-ring (bicyclic) bond motifs is 2. The normalized spacial score (nSPS) is 11.0. The zero-order chi connectivity index (χ0) is 22.7. The van der Waals surface area contributed by atoms with E-state index in [0.717, 1.165) is 27.4 Å². The minimum atomic E-state index is -0.570. The van der Waals surface area contributed by atoms with Gasteiger partial charge in [-0.25, -0.2) is 9.59 Å². The number of aromatic nitrogens is 1. The lowest BCUT2D eigenvalue weighted by molar-refractivity contribution is 0.200. The average Bonchev–Trinajstić information content (AvgIpc) is 3.14. The second-order valence-electron chi connectivity index (χ2n) is 7.77. The van der Waals surface area contributed by atoms with Crippen molar-refractivity contribution in [3.8, 4) is 5.75 Å². The second-order valence-corrected chi connectivity index (χ2v) is 8.21. The first-order valence-electron chi connectivity index (χ1n) is 10.3. The number of hydrogen-bond donors (Lipinski definition) is 2. The fraction of sp³-hybridized carbons (Fsp3) is 0.200. The molecule has 164 valence electrons. The zero-order valence-corrected chi connectivity index (χ0v) is 18.6. The number of nitrogens with one attached hydrogen (secondary N) is 2. The molecule has 4 rings (SSSR count). The summed E-state index contributed by atoms with van der Waals surface area (Å²) in [5.74, 6) is 0.362. The van der Waals surface area contributed by atoms with Gasteiger partial charge in [0.1, 0.15) is 11.3 Å². The molecule has 0 saturated heterocycles. The van der Waals surface area contributed by atoms with Crippen LogP contribution in [-0.4, -0.2) is 17.6 Å². The first-order chi connectivity index (χ1) is 15.4. The van der Waals surface area contributed by atoms with Crippen molar-refractivity contribution in [3.05, 3.63) is 86.9 Å². The summed E-state index contributed by atoms with van der Waals surface area (Å²) in [6, 6.07) is 12.2. The quantitative estimate of drug-likeness (QED) is 0.288. The van der Waals surface area contributed by atoms with Crippen molar-refractivity contribution >= 4 is 39.6 Å². The predicted octanol–water partition coefficient (Wildman–Crippen LogP) is 5.77. The summed E-state index contributed by atoms with van der Waals surface area (Å²) in [6.07, 6.45) is 4.43.